The fourth-order valence-corrected chi connectivity index (χ4v) is 12.3. The Morgan fingerprint density at radius 2 is 1.64 bits per heavy atom. The number of nitrogens with one attached hydrogen (secondary N) is 1. The van der Waals surface area contributed by atoms with Crippen LogP contribution in [0.4, 0.5) is 4.79 Å². The van der Waals surface area contributed by atoms with Crippen molar-refractivity contribution in [2.45, 2.75) is 129 Å². The first-order valence-corrected chi connectivity index (χ1v) is 17.5. The number of fused-ring (bicyclic) bond motifs is 5. The average molecular weight is 568 g/mol. The third-order valence-corrected chi connectivity index (χ3v) is 14.7. The highest BCUT2D eigenvalue weighted by atomic mass is 32.2. The maximum atomic E-state index is 12.4. The SMILES string of the molecule is CC[C@H]1[C@@H](O)[C@@H]2[C@H](CC[C@]3(C)[C@@H]([C@H](C)CCOC(=O)NS(=O)(=O)C4CCCC4)CC[C@@H]23)[C@@]2(C)CC[C@@H](O)C[C@@H]12. The minimum absolute atomic E-state index is 0.158. The summed E-state index contributed by atoms with van der Waals surface area (Å²) in [5.74, 6) is 2.87. The molecule has 0 spiro atoms. The van der Waals surface area contributed by atoms with E-state index in [0.717, 1.165) is 64.2 Å². The summed E-state index contributed by atoms with van der Waals surface area (Å²) in [6.07, 6.45) is 10.7. The molecule has 0 heterocycles. The second kappa shape index (κ2) is 11.1. The van der Waals surface area contributed by atoms with Crippen molar-refractivity contribution in [3.05, 3.63) is 0 Å². The van der Waals surface area contributed by atoms with E-state index in [9.17, 15) is 23.4 Å². The molecule has 5 aliphatic rings. The molecule has 0 aromatic carbocycles. The van der Waals surface area contributed by atoms with Gasteiger partial charge in [-0.05, 0) is 116 Å². The lowest BCUT2D eigenvalue weighted by Crippen LogP contribution is -2.62. The summed E-state index contributed by atoms with van der Waals surface area (Å²) in [5.41, 5.74) is 0.361. The maximum absolute atomic E-state index is 12.4. The van der Waals surface area contributed by atoms with Gasteiger partial charge in [0.1, 0.15) is 0 Å². The van der Waals surface area contributed by atoms with Crippen LogP contribution >= 0.6 is 0 Å². The molecule has 5 saturated carbocycles. The Balaban J connectivity index is 1.22. The lowest BCUT2D eigenvalue weighted by Gasteiger charge is -2.64. The summed E-state index contributed by atoms with van der Waals surface area (Å²) in [6, 6.07) is 0. The molecule has 0 radical (unpaired) electrons. The largest absolute Gasteiger partial charge is 0.449 e. The molecule has 0 bridgehead atoms. The summed E-state index contributed by atoms with van der Waals surface area (Å²) in [6.45, 7) is 9.62. The summed E-state index contributed by atoms with van der Waals surface area (Å²) >= 11 is 0. The van der Waals surface area contributed by atoms with Crippen LogP contribution in [0.2, 0.25) is 0 Å². The minimum atomic E-state index is -3.65. The van der Waals surface area contributed by atoms with Gasteiger partial charge >= 0.3 is 6.09 Å². The second-order valence-corrected chi connectivity index (χ2v) is 16.5. The molecule has 39 heavy (non-hydrogen) atoms. The lowest BCUT2D eigenvalue weighted by atomic mass is 9.41. The van der Waals surface area contributed by atoms with E-state index in [0.29, 0.717) is 48.3 Å². The zero-order valence-electron chi connectivity index (χ0n) is 24.6. The molecule has 1 amide bonds. The highest BCUT2D eigenvalue weighted by Gasteiger charge is 2.64. The first kappa shape index (κ1) is 29.6. The highest BCUT2D eigenvalue weighted by molar-refractivity contribution is 7.90. The molecule has 7 nitrogen and oxygen atoms in total. The van der Waals surface area contributed by atoms with Gasteiger partial charge in [-0.3, -0.25) is 0 Å². The number of hydrogen-bond acceptors (Lipinski definition) is 6. The molecule has 8 heteroatoms. The third kappa shape index (κ3) is 5.17. The van der Waals surface area contributed by atoms with Gasteiger partial charge in [0.2, 0.25) is 10.0 Å². The standard InChI is InChI=1S/C31H53NO6S/c1-5-22-26-18-20(33)12-15-31(26,4)25-13-16-30(3)23(10-11-24(30)27(25)28(22)34)19(2)14-17-38-29(35)32-39(36,37)21-8-6-7-9-21/h19-28,33-34H,5-18H2,1-4H3,(H,32,35)/t19-,20-,22-,23-,24+,25+,26+,27+,28-,30-,31-/m1/s1. The Hall–Kier alpha value is -0.860. The summed E-state index contributed by atoms with van der Waals surface area (Å²) in [7, 11) is -3.65. The summed E-state index contributed by atoms with van der Waals surface area (Å²) < 4.78 is 32.3. The molecule has 224 valence electrons. The molecule has 0 aromatic rings. The van der Waals surface area contributed by atoms with E-state index in [2.05, 4.69) is 32.4 Å². The first-order chi connectivity index (χ1) is 18.4. The summed E-state index contributed by atoms with van der Waals surface area (Å²) in [5, 5.41) is 21.9. The van der Waals surface area contributed by atoms with Crippen molar-refractivity contribution in [3.8, 4) is 0 Å². The van der Waals surface area contributed by atoms with Crippen LogP contribution in [0.3, 0.4) is 0 Å². The van der Waals surface area contributed by atoms with Crippen LogP contribution < -0.4 is 4.72 Å². The predicted octanol–water partition coefficient (Wildman–Crippen LogP) is 5.64. The smallest absolute Gasteiger partial charge is 0.420 e. The number of aliphatic hydroxyl groups is 2. The number of aliphatic hydroxyl groups excluding tert-OH is 2. The van der Waals surface area contributed by atoms with E-state index in [1.165, 1.54) is 6.42 Å². The fourth-order valence-electron chi connectivity index (χ4n) is 10.9. The minimum Gasteiger partial charge on any atom is -0.449 e. The quantitative estimate of drug-likeness (QED) is 0.367. The fraction of sp³-hybridized carbons (Fsp3) is 0.968. The molecule has 0 aliphatic heterocycles. The monoisotopic (exact) mass is 567 g/mol. The number of carbonyl (C=O) groups excluding carboxylic acids is 1. The molecule has 11 atom stereocenters. The van der Waals surface area contributed by atoms with Gasteiger partial charge in [-0.1, -0.05) is 47.0 Å². The highest BCUT2D eigenvalue weighted by Crippen LogP contribution is 2.69. The van der Waals surface area contributed by atoms with Crippen LogP contribution in [0, 0.1) is 52.3 Å². The number of sulfonamides is 1. The van der Waals surface area contributed by atoms with Crippen molar-refractivity contribution in [3.63, 3.8) is 0 Å². The first-order valence-electron chi connectivity index (χ1n) is 16.0. The van der Waals surface area contributed by atoms with Gasteiger partial charge in [0, 0.05) is 0 Å². The van der Waals surface area contributed by atoms with E-state index in [4.69, 9.17) is 4.74 Å². The molecular weight excluding hydrogens is 514 g/mol. The molecular formula is C31H53NO6S. The summed E-state index contributed by atoms with van der Waals surface area (Å²) in [4.78, 5) is 12.3. The van der Waals surface area contributed by atoms with Crippen molar-refractivity contribution >= 4 is 16.1 Å². The van der Waals surface area contributed by atoms with Gasteiger partial charge in [-0.15, -0.1) is 0 Å². The maximum Gasteiger partial charge on any atom is 0.420 e. The molecule has 0 aromatic heterocycles. The molecule has 0 unspecified atom stereocenters. The van der Waals surface area contributed by atoms with E-state index in [-0.39, 0.29) is 35.6 Å². The Bertz CT molecular complexity index is 997. The zero-order valence-corrected chi connectivity index (χ0v) is 25.4. The molecule has 5 aliphatic carbocycles. The van der Waals surface area contributed by atoms with Gasteiger partial charge in [-0.2, -0.15) is 0 Å². The zero-order chi connectivity index (χ0) is 28.2. The van der Waals surface area contributed by atoms with Gasteiger partial charge < -0.3 is 14.9 Å². The van der Waals surface area contributed by atoms with Crippen molar-refractivity contribution in [1.82, 2.24) is 4.72 Å². The van der Waals surface area contributed by atoms with Gasteiger partial charge in [-0.25, -0.2) is 17.9 Å². The molecule has 5 rings (SSSR count). The average Bonchev–Trinajstić information content (AvgIpc) is 3.54. The second-order valence-electron chi connectivity index (χ2n) is 14.6. The Morgan fingerprint density at radius 3 is 2.33 bits per heavy atom. The topological polar surface area (TPSA) is 113 Å². The van der Waals surface area contributed by atoms with Crippen molar-refractivity contribution < 1.29 is 28.2 Å². The van der Waals surface area contributed by atoms with Crippen LogP contribution in [-0.4, -0.2) is 48.8 Å². The Morgan fingerprint density at radius 1 is 0.974 bits per heavy atom. The van der Waals surface area contributed by atoms with E-state index < -0.39 is 21.4 Å². The van der Waals surface area contributed by atoms with Crippen LogP contribution in [0.5, 0.6) is 0 Å². The number of ether oxygens (including phenoxy) is 1. The number of amides is 1. The van der Waals surface area contributed by atoms with Crippen LogP contribution in [0.25, 0.3) is 0 Å². The van der Waals surface area contributed by atoms with Crippen molar-refractivity contribution in [2.24, 2.45) is 52.3 Å². The van der Waals surface area contributed by atoms with Gasteiger partial charge in [0.05, 0.1) is 24.1 Å². The molecule has 0 saturated heterocycles. The number of hydrogen-bond donors (Lipinski definition) is 3. The Kier molecular flexibility index (Phi) is 8.42. The van der Waals surface area contributed by atoms with Crippen LogP contribution in [-0.2, 0) is 14.8 Å². The van der Waals surface area contributed by atoms with Crippen LogP contribution in [0.15, 0.2) is 0 Å². The van der Waals surface area contributed by atoms with E-state index >= 15 is 0 Å². The predicted molar refractivity (Wildman–Crippen MR) is 151 cm³/mol. The third-order valence-electron chi connectivity index (χ3n) is 12.9. The lowest BCUT2D eigenvalue weighted by molar-refractivity contribution is -0.203. The van der Waals surface area contributed by atoms with Crippen molar-refractivity contribution in [2.75, 3.05) is 6.61 Å². The molecule has 5 fully saturated rings. The van der Waals surface area contributed by atoms with Gasteiger partial charge in [0.25, 0.3) is 0 Å². The number of carbonyl (C=O) groups is 1. The van der Waals surface area contributed by atoms with E-state index in [1.54, 1.807) is 0 Å². The van der Waals surface area contributed by atoms with Gasteiger partial charge in [0.15, 0.2) is 0 Å². The van der Waals surface area contributed by atoms with Crippen LogP contribution in [0.1, 0.15) is 111 Å². The van der Waals surface area contributed by atoms with E-state index in [1.807, 2.05) is 0 Å². The Labute approximate surface area is 236 Å². The molecule has 3 N–H and O–H groups in total. The normalized spacial score (nSPS) is 45.2. The van der Waals surface area contributed by atoms with Crippen molar-refractivity contribution in [1.29, 1.82) is 0 Å². The number of rotatable bonds is 7.